The van der Waals surface area contributed by atoms with Gasteiger partial charge in [-0.15, -0.1) is 0 Å². The van der Waals surface area contributed by atoms with Crippen LogP contribution in [-0.4, -0.2) is 84.1 Å². The van der Waals surface area contributed by atoms with E-state index < -0.39 is 15.3 Å². The van der Waals surface area contributed by atoms with Gasteiger partial charge in [-0.1, -0.05) is 0 Å². The normalized spacial score (nSPS) is 4.24. The molecule has 0 bridgehead atoms. The molecule has 0 saturated carbocycles. The molecule has 0 fully saturated rings. The minimum absolute atomic E-state index is 0. The molecule has 0 aliphatic carbocycles. The van der Waals surface area contributed by atoms with Crippen molar-refractivity contribution in [1.29, 1.82) is 0 Å². The van der Waals surface area contributed by atoms with E-state index in [9.17, 15) is 0 Å². The fourth-order valence-corrected chi connectivity index (χ4v) is 0. The molecule has 4 radical (unpaired) electrons. The van der Waals surface area contributed by atoms with Gasteiger partial charge in [0.05, 0.1) is 15.3 Å². The molecule has 0 aliphatic rings. The Morgan fingerprint density at radius 1 is 0.471 bits per heavy atom. The summed E-state index contributed by atoms with van der Waals surface area (Å²) in [4.78, 5) is 24.8. The van der Waals surface area contributed by atoms with Crippen LogP contribution in [-0.2, 0) is 0 Å². The Labute approximate surface area is 130 Å². The predicted octanol–water partition coefficient (Wildman–Crippen LogP) is -2.01. The number of hydrogen-bond donors (Lipinski definition) is 0. The summed E-state index contributed by atoms with van der Waals surface area (Å²) in [6.07, 6.45) is 0. The summed E-state index contributed by atoms with van der Waals surface area (Å²) < 4.78 is 0. The smallest absolute Gasteiger partial charge is 0.870 e. The standard InChI is InChI=1S/2Bi.3NO3.3H2O/c;;3*2-1(3)4;;;/h;;;;;3*1H2/q2*+3;3*-1;;;/p-3. The van der Waals surface area contributed by atoms with E-state index in [0.29, 0.717) is 0 Å². The molecule has 0 spiro atoms. The van der Waals surface area contributed by atoms with Gasteiger partial charge in [0.25, 0.3) is 0 Å². The Hall–Kier alpha value is -0.754. The van der Waals surface area contributed by atoms with Crippen LogP contribution >= 0.6 is 0 Å². The molecule has 0 heterocycles. The van der Waals surface area contributed by atoms with Gasteiger partial charge >= 0.3 is 52.4 Å². The van der Waals surface area contributed by atoms with Gasteiger partial charge < -0.3 is 62.4 Å². The molecule has 0 rings (SSSR count). The average Bonchev–Trinajstić information content (AvgIpc) is 1.54. The van der Waals surface area contributed by atoms with E-state index in [4.69, 9.17) is 46.0 Å². The largest absolute Gasteiger partial charge is 3.00 e. The molecule has 17 heavy (non-hydrogen) atoms. The van der Waals surface area contributed by atoms with Crippen molar-refractivity contribution in [3.63, 3.8) is 0 Å². The molecule has 0 aliphatic heterocycles. The summed E-state index contributed by atoms with van der Waals surface area (Å²) in [6, 6.07) is 0. The summed E-state index contributed by atoms with van der Waals surface area (Å²) in [5.41, 5.74) is 0. The molecule has 0 aromatic rings. The van der Waals surface area contributed by atoms with Gasteiger partial charge in [-0.05, 0) is 0 Å². The summed E-state index contributed by atoms with van der Waals surface area (Å²) in [5.74, 6) is 0. The Bertz CT molecular complexity index is 117. The van der Waals surface area contributed by atoms with Crippen LogP contribution in [0.4, 0.5) is 0 Å². The third-order valence-corrected chi connectivity index (χ3v) is 0. The maximum atomic E-state index is 8.25. The Balaban J connectivity index is -0.0000000104. The van der Waals surface area contributed by atoms with Crippen LogP contribution in [0.1, 0.15) is 0 Å². The average molecular weight is 655 g/mol. The second kappa shape index (κ2) is 45.5. The quantitative estimate of drug-likeness (QED) is 0.155. The van der Waals surface area contributed by atoms with Crippen molar-refractivity contribution in [2.24, 2.45) is 0 Å². The topological polar surface area (TPSA) is 289 Å². The van der Waals surface area contributed by atoms with Crippen LogP contribution in [0.5, 0.6) is 0 Å². The summed E-state index contributed by atoms with van der Waals surface area (Å²) in [6.45, 7) is 0. The molecule has 0 aromatic heterocycles. The third-order valence-electron chi connectivity index (χ3n) is 0. The fraction of sp³-hybridized carbons (Fsp3) is 0. The van der Waals surface area contributed by atoms with E-state index in [1.54, 1.807) is 0 Å². The first-order valence-corrected chi connectivity index (χ1v) is 1.64. The summed E-state index contributed by atoms with van der Waals surface area (Å²) in [7, 11) is 0. The Kier molecular flexibility index (Phi) is 149. The van der Waals surface area contributed by atoms with Crippen LogP contribution in [0.25, 0.3) is 0 Å². The van der Waals surface area contributed by atoms with Crippen molar-refractivity contribution in [3.8, 4) is 0 Å². The monoisotopic (exact) mass is 655 g/mol. The van der Waals surface area contributed by atoms with Crippen molar-refractivity contribution in [3.05, 3.63) is 46.0 Å². The zero-order chi connectivity index (χ0) is 10.7. The van der Waals surface area contributed by atoms with Gasteiger partial charge in [0.1, 0.15) is 0 Å². The minimum Gasteiger partial charge on any atom is -0.870 e. The Morgan fingerprint density at radius 3 is 0.471 bits per heavy atom. The van der Waals surface area contributed by atoms with Crippen LogP contribution < -0.4 is 0 Å². The molecular formula is H3Bi2N3O12. The molecular weight excluding hydrogens is 652 g/mol. The zero-order valence-electron chi connectivity index (χ0n) is 7.25. The molecule has 0 saturated heterocycles. The Morgan fingerprint density at radius 2 is 0.471 bits per heavy atom. The van der Waals surface area contributed by atoms with Crippen molar-refractivity contribution >= 4 is 52.4 Å². The first-order valence-electron chi connectivity index (χ1n) is 1.64. The van der Waals surface area contributed by atoms with Gasteiger partial charge in [-0.2, -0.15) is 0 Å². The maximum Gasteiger partial charge on any atom is 3.00 e. The third kappa shape index (κ3) is 4710. The van der Waals surface area contributed by atoms with E-state index in [-0.39, 0.29) is 68.8 Å². The predicted molar refractivity (Wildman–Crippen MR) is 48.4 cm³/mol. The van der Waals surface area contributed by atoms with Crippen molar-refractivity contribution in [1.82, 2.24) is 0 Å². The number of hydrogen-bond acceptors (Lipinski definition) is 12. The van der Waals surface area contributed by atoms with Crippen LogP contribution in [0.2, 0.25) is 0 Å². The van der Waals surface area contributed by atoms with Gasteiger partial charge in [0.15, 0.2) is 0 Å². The maximum absolute atomic E-state index is 8.25. The second-order valence-corrected chi connectivity index (χ2v) is 0.671. The molecule has 17 heteroatoms. The molecule has 0 unspecified atom stereocenters. The van der Waals surface area contributed by atoms with E-state index >= 15 is 0 Å². The van der Waals surface area contributed by atoms with Crippen LogP contribution in [0, 0.1) is 46.0 Å². The molecule has 100 valence electrons. The van der Waals surface area contributed by atoms with E-state index in [1.807, 2.05) is 0 Å². The van der Waals surface area contributed by atoms with Gasteiger partial charge in [0, 0.05) is 0 Å². The van der Waals surface area contributed by atoms with Crippen LogP contribution in [0.3, 0.4) is 0 Å². The zero-order valence-corrected chi connectivity index (χ0v) is 14.2. The van der Waals surface area contributed by atoms with Crippen LogP contribution in [0.15, 0.2) is 0 Å². The number of rotatable bonds is 0. The van der Waals surface area contributed by atoms with Crippen molar-refractivity contribution in [2.75, 3.05) is 0 Å². The van der Waals surface area contributed by atoms with Crippen molar-refractivity contribution in [2.45, 2.75) is 0 Å². The van der Waals surface area contributed by atoms with Gasteiger partial charge in [-0.3, -0.25) is 0 Å². The molecule has 0 atom stereocenters. The molecule has 15 nitrogen and oxygen atoms in total. The summed E-state index contributed by atoms with van der Waals surface area (Å²) >= 11 is 0. The van der Waals surface area contributed by atoms with Gasteiger partial charge in [-0.25, -0.2) is 0 Å². The number of nitrogens with zero attached hydrogens (tertiary/aromatic N) is 3. The van der Waals surface area contributed by atoms with Gasteiger partial charge in [0.2, 0.25) is 0 Å². The van der Waals surface area contributed by atoms with Crippen molar-refractivity contribution < 1.29 is 31.7 Å². The minimum atomic E-state index is -1.75. The second-order valence-electron chi connectivity index (χ2n) is 0.671. The molecule has 0 aromatic carbocycles. The summed E-state index contributed by atoms with van der Waals surface area (Å²) in [5, 5.41) is 44.2. The molecule has 0 amide bonds. The van der Waals surface area contributed by atoms with E-state index in [0.717, 1.165) is 0 Å². The SMILES string of the molecule is O=[N+]([O-])[O-].O=[N+]([O-])[O-].O=[N+]([O-])[O-].[Bi+3].[Bi+3].[OH-].[OH-].[OH-]. The van der Waals surface area contributed by atoms with E-state index in [1.165, 1.54) is 0 Å². The first kappa shape index (κ1) is 55.5. The first-order chi connectivity index (χ1) is 5.20. The molecule has 3 N–H and O–H groups in total. The fourth-order valence-electron chi connectivity index (χ4n) is 0. The van der Waals surface area contributed by atoms with E-state index in [2.05, 4.69) is 0 Å².